The Labute approximate surface area is 80.8 Å². The van der Waals surface area contributed by atoms with Gasteiger partial charge in [0.1, 0.15) is 11.7 Å². The van der Waals surface area contributed by atoms with Crippen LogP contribution < -0.4 is 5.73 Å². The van der Waals surface area contributed by atoms with Gasteiger partial charge in [-0.1, -0.05) is 6.07 Å². The minimum atomic E-state index is -0.263. The standard InChI is InChI=1S/C9H11FN2S/c1-6(9(11)12)13-8-4-2-3-7(10)5-8/h2-6H,1H3,(H3,11,12). The fourth-order valence-corrected chi connectivity index (χ4v) is 1.68. The highest BCUT2D eigenvalue weighted by Crippen LogP contribution is 2.23. The Morgan fingerprint density at radius 2 is 2.31 bits per heavy atom. The minimum Gasteiger partial charge on any atom is -0.387 e. The van der Waals surface area contributed by atoms with Crippen LogP contribution in [-0.4, -0.2) is 11.1 Å². The highest BCUT2D eigenvalue weighted by Gasteiger charge is 2.06. The van der Waals surface area contributed by atoms with E-state index in [1.54, 1.807) is 12.1 Å². The van der Waals surface area contributed by atoms with E-state index in [1.807, 2.05) is 6.92 Å². The summed E-state index contributed by atoms with van der Waals surface area (Å²) in [5.74, 6) is -0.157. The van der Waals surface area contributed by atoms with Gasteiger partial charge in [0.15, 0.2) is 0 Å². The fourth-order valence-electron chi connectivity index (χ4n) is 0.808. The molecule has 0 saturated heterocycles. The molecule has 1 rings (SSSR count). The Morgan fingerprint density at radius 3 is 2.85 bits per heavy atom. The van der Waals surface area contributed by atoms with Crippen LogP contribution in [0, 0.1) is 11.2 Å². The molecule has 1 atom stereocenters. The molecule has 2 nitrogen and oxygen atoms in total. The van der Waals surface area contributed by atoms with E-state index >= 15 is 0 Å². The van der Waals surface area contributed by atoms with Crippen molar-refractivity contribution in [3.63, 3.8) is 0 Å². The molecule has 0 aliphatic heterocycles. The highest BCUT2D eigenvalue weighted by atomic mass is 32.2. The number of nitrogens with two attached hydrogens (primary N) is 1. The molecule has 0 fully saturated rings. The first kappa shape index (κ1) is 10.1. The molecule has 1 aromatic carbocycles. The van der Waals surface area contributed by atoms with Gasteiger partial charge in [-0.05, 0) is 25.1 Å². The van der Waals surface area contributed by atoms with Gasteiger partial charge in [-0.25, -0.2) is 4.39 Å². The normalized spacial score (nSPS) is 12.5. The summed E-state index contributed by atoms with van der Waals surface area (Å²) in [6, 6.07) is 6.27. The summed E-state index contributed by atoms with van der Waals surface area (Å²) in [7, 11) is 0. The lowest BCUT2D eigenvalue weighted by molar-refractivity contribution is 0.624. The second-order valence-corrected chi connectivity index (χ2v) is 4.09. The van der Waals surface area contributed by atoms with Crippen molar-refractivity contribution in [3.8, 4) is 0 Å². The topological polar surface area (TPSA) is 49.9 Å². The van der Waals surface area contributed by atoms with E-state index in [4.69, 9.17) is 11.1 Å². The van der Waals surface area contributed by atoms with Crippen LogP contribution in [-0.2, 0) is 0 Å². The molecule has 3 N–H and O–H groups in total. The zero-order chi connectivity index (χ0) is 9.84. The van der Waals surface area contributed by atoms with E-state index < -0.39 is 0 Å². The molecule has 0 aliphatic carbocycles. The van der Waals surface area contributed by atoms with Crippen molar-refractivity contribution >= 4 is 17.6 Å². The van der Waals surface area contributed by atoms with Crippen molar-refractivity contribution in [1.82, 2.24) is 0 Å². The third-order valence-corrected chi connectivity index (χ3v) is 2.68. The number of nitrogens with one attached hydrogen (secondary N) is 1. The second kappa shape index (κ2) is 4.28. The van der Waals surface area contributed by atoms with Gasteiger partial charge in [-0.3, -0.25) is 5.41 Å². The first-order chi connectivity index (χ1) is 6.09. The largest absolute Gasteiger partial charge is 0.387 e. The summed E-state index contributed by atoms with van der Waals surface area (Å²) < 4.78 is 12.7. The van der Waals surface area contributed by atoms with E-state index in [9.17, 15) is 4.39 Å². The van der Waals surface area contributed by atoms with Crippen LogP contribution in [0.2, 0.25) is 0 Å². The molecule has 4 heteroatoms. The predicted octanol–water partition coefficient (Wildman–Crippen LogP) is 2.24. The molecule has 0 aliphatic rings. The number of rotatable bonds is 3. The van der Waals surface area contributed by atoms with Gasteiger partial charge in [0.25, 0.3) is 0 Å². The minimum absolute atomic E-state index is 0.106. The average molecular weight is 198 g/mol. The van der Waals surface area contributed by atoms with Gasteiger partial charge in [0, 0.05) is 4.90 Å². The second-order valence-electron chi connectivity index (χ2n) is 2.67. The summed E-state index contributed by atoms with van der Waals surface area (Å²) in [6.45, 7) is 1.82. The lowest BCUT2D eigenvalue weighted by Gasteiger charge is -2.08. The average Bonchev–Trinajstić information content (AvgIpc) is 2.04. The van der Waals surface area contributed by atoms with Crippen molar-refractivity contribution in [2.75, 3.05) is 0 Å². The van der Waals surface area contributed by atoms with Crippen LogP contribution in [0.15, 0.2) is 29.2 Å². The lowest BCUT2D eigenvalue weighted by Crippen LogP contribution is -2.21. The Hall–Kier alpha value is -1.03. The SMILES string of the molecule is CC(Sc1cccc(F)c1)C(=N)N. The fraction of sp³-hybridized carbons (Fsp3) is 0.222. The third kappa shape index (κ3) is 3.06. The smallest absolute Gasteiger partial charge is 0.124 e. The number of thioether (sulfide) groups is 1. The zero-order valence-electron chi connectivity index (χ0n) is 7.25. The quantitative estimate of drug-likeness (QED) is 0.444. The number of amidine groups is 1. The van der Waals surface area contributed by atoms with Gasteiger partial charge < -0.3 is 5.73 Å². The van der Waals surface area contributed by atoms with Crippen molar-refractivity contribution < 1.29 is 4.39 Å². The maximum Gasteiger partial charge on any atom is 0.124 e. The Balaban J connectivity index is 2.69. The molecule has 0 saturated carbocycles. The van der Waals surface area contributed by atoms with Crippen LogP contribution in [0.1, 0.15) is 6.92 Å². The molecule has 13 heavy (non-hydrogen) atoms. The van der Waals surface area contributed by atoms with Gasteiger partial charge in [0.2, 0.25) is 0 Å². The monoisotopic (exact) mass is 198 g/mol. The van der Waals surface area contributed by atoms with E-state index in [2.05, 4.69) is 0 Å². The lowest BCUT2D eigenvalue weighted by atomic mass is 10.3. The molecule has 0 spiro atoms. The van der Waals surface area contributed by atoms with Gasteiger partial charge in [-0.2, -0.15) is 0 Å². The van der Waals surface area contributed by atoms with E-state index in [0.717, 1.165) is 4.90 Å². The van der Waals surface area contributed by atoms with Crippen LogP contribution in [0.5, 0.6) is 0 Å². The maximum atomic E-state index is 12.7. The van der Waals surface area contributed by atoms with Gasteiger partial charge in [0.05, 0.1) is 5.25 Å². The van der Waals surface area contributed by atoms with Gasteiger partial charge >= 0.3 is 0 Å². The number of hydrogen-bond acceptors (Lipinski definition) is 2. The molecule has 0 aromatic heterocycles. The van der Waals surface area contributed by atoms with Gasteiger partial charge in [-0.15, -0.1) is 11.8 Å². The Bertz CT molecular complexity index is 314. The molecule has 0 amide bonds. The first-order valence-electron chi connectivity index (χ1n) is 3.85. The number of halogens is 1. The molecule has 1 unspecified atom stereocenters. The Kier molecular flexibility index (Phi) is 3.31. The van der Waals surface area contributed by atoms with Crippen molar-refractivity contribution in [2.24, 2.45) is 5.73 Å². The summed E-state index contributed by atoms with van der Waals surface area (Å²) in [6.07, 6.45) is 0. The zero-order valence-corrected chi connectivity index (χ0v) is 8.07. The Morgan fingerprint density at radius 1 is 1.62 bits per heavy atom. The van der Waals surface area contributed by atoms with Crippen LogP contribution in [0.25, 0.3) is 0 Å². The molecule has 1 aromatic rings. The van der Waals surface area contributed by atoms with Crippen LogP contribution in [0.3, 0.4) is 0 Å². The van der Waals surface area contributed by atoms with Crippen molar-refractivity contribution in [2.45, 2.75) is 17.1 Å². The highest BCUT2D eigenvalue weighted by molar-refractivity contribution is 8.00. The van der Waals surface area contributed by atoms with E-state index in [-0.39, 0.29) is 16.9 Å². The molecular weight excluding hydrogens is 187 g/mol. The first-order valence-corrected chi connectivity index (χ1v) is 4.73. The van der Waals surface area contributed by atoms with Crippen LogP contribution in [0.4, 0.5) is 4.39 Å². The molecule has 0 bridgehead atoms. The summed E-state index contributed by atoms with van der Waals surface area (Å²) in [5.41, 5.74) is 5.29. The number of hydrogen-bond donors (Lipinski definition) is 2. The summed E-state index contributed by atoms with van der Waals surface area (Å²) in [4.78, 5) is 0.794. The predicted molar refractivity (Wildman–Crippen MR) is 53.6 cm³/mol. The molecule has 0 heterocycles. The van der Waals surface area contributed by atoms with Crippen molar-refractivity contribution in [3.05, 3.63) is 30.1 Å². The summed E-state index contributed by atoms with van der Waals surface area (Å²) >= 11 is 1.38. The van der Waals surface area contributed by atoms with E-state index in [1.165, 1.54) is 23.9 Å². The summed E-state index contributed by atoms with van der Waals surface area (Å²) in [5, 5.41) is 7.06. The van der Waals surface area contributed by atoms with Crippen molar-refractivity contribution in [1.29, 1.82) is 5.41 Å². The molecule has 0 radical (unpaired) electrons. The van der Waals surface area contributed by atoms with Crippen LogP contribution >= 0.6 is 11.8 Å². The third-order valence-electron chi connectivity index (χ3n) is 1.55. The maximum absolute atomic E-state index is 12.7. The molecular formula is C9H11FN2S. The molecule has 70 valence electrons. The van der Waals surface area contributed by atoms with E-state index in [0.29, 0.717) is 0 Å². The number of benzene rings is 1.